The van der Waals surface area contributed by atoms with Gasteiger partial charge in [-0.1, -0.05) is 36.4 Å². The van der Waals surface area contributed by atoms with Gasteiger partial charge in [0.1, 0.15) is 6.33 Å². The molecule has 2 aliphatic rings. The first kappa shape index (κ1) is 24.8. The smallest absolute Gasteiger partial charge is 0.274 e. The summed E-state index contributed by atoms with van der Waals surface area (Å²) in [5.74, 6) is 0.603. The predicted molar refractivity (Wildman–Crippen MR) is 141 cm³/mol. The highest BCUT2D eigenvalue weighted by Crippen LogP contribution is 2.41. The molecule has 1 saturated carbocycles. The number of hydrogen-bond donors (Lipinski definition) is 3. The van der Waals surface area contributed by atoms with Crippen LogP contribution in [0, 0.1) is 5.92 Å². The third-order valence-corrected chi connectivity index (χ3v) is 7.31. The van der Waals surface area contributed by atoms with Crippen LogP contribution in [0.4, 0.5) is 0 Å². The minimum absolute atomic E-state index is 0.0105. The van der Waals surface area contributed by atoms with Crippen molar-refractivity contribution in [2.45, 2.75) is 31.2 Å². The number of benzene rings is 2. The van der Waals surface area contributed by atoms with Crippen LogP contribution in [0.25, 0.3) is 17.2 Å². The lowest BCUT2D eigenvalue weighted by Gasteiger charge is -2.31. The highest BCUT2D eigenvalue weighted by Gasteiger charge is 2.38. The fraction of sp³-hybridized carbons (Fsp3) is 0.310. The molecule has 8 heteroatoms. The topological polar surface area (TPSA) is 107 Å². The largest absolute Gasteiger partial charge is 0.339 e. The summed E-state index contributed by atoms with van der Waals surface area (Å²) >= 11 is 0. The number of hydroxylamine groups is 1. The molecule has 2 unspecified atom stereocenters. The Morgan fingerprint density at radius 3 is 2.35 bits per heavy atom. The van der Waals surface area contributed by atoms with Crippen LogP contribution in [-0.4, -0.2) is 57.6 Å². The van der Waals surface area contributed by atoms with Gasteiger partial charge in [-0.2, -0.15) is 0 Å². The van der Waals surface area contributed by atoms with Crippen molar-refractivity contribution < 1.29 is 14.8 Å². The fourth-order valence-corrected chi connectivity index (χ4v) is 4.92. The summed E-state index contributed by atoms with van der Waals surface area (Å²) in [6.07, 6.45) is 11.7. The van der Waals surface area contributed by atoms with Crippen LogP contribution in [0.15, 0.2) is 73.3 Å². The Morgan fingerprint density at radius 1 is 0.973 bits per heavy atom. The molecule has 0 bridgehead atoms. The van der Waals surface area contributed by atoms with Crippen molar-refractivity contribution in [3.05, 3.63) is 90.0 Å². The molecule has 1 saturated heterocycles. The van der Waals surface area contributed by atoms with Crippen LogP contribution >= 0.6 is 0 Å². The highest BCUT2D eigenvalue weighted by atomic mass is 16.5. The molecule has 5 rings (SSSR count). The molecule has 1 aliphatic carbocycles. The van der Waals surface area contributed by atoms with E-state index in [-0.39, 0.29) is 5.91 Å². The van der Waals surface area contributed by atoms with E-state index in [1.807, 2.05) is 17.3 Å². The average molecular weight is 498 g/mol. The first-order valence-corrected chi connectivity index (χ1v) is 12.7. The van der Waals surface area contributed by atoms with Gasteiger partial charge in [-0.15, -0.1) is 0 Å². The number of piperidine rings is 1. The quantitative estimate of drug-likeness (QED) is 0.249. The Kier molecular flexibility index (Phi) is 7.67. The van der Waals surface area contributed by atoms with Crippen molar-refractivity contribution in [2.24, 2.45) is 5.92 Å². The SMILES string of the molecule is O=C(NO)c1ccc(/C=C/C(=O)N2CCC(CNC3CC3c3ccc(-c4cncnc4)cc3)CC2)cc1. The van der Waals surface area contributed by atoms with Crippen LogP contribution in [0.1, 0.15) is 46.7 Å². The number of carbonyl (C=O) groups is 2. The van der Waals surface area contributed by atoms with Gasteiger partial charge in [-0.25, -0.2) is 15.4 Å². The first-order valence-electron chi connectivity index (χ1n) is 12.7. The molecule has 2 fully saturated rings. The fourth-order valence-electron chi connectivity index (χ4n) is 4.92. The number of rotatable bonds is 8. The van der Waals surface area contributed by atoms with E-state index in [9.17, 15) is 9.59 Å². The number of hydrogen-bond acceptors (Lipinski definition) is 6. The minimum Gasteiger partial charge on any atom is -0.339 e. The van der Waals surface area contributed by atoms with E-state index in [4.69, 9.17) is 5.21 Å². The number of carbonyl (C=O) groups excluding carboxylic acids is 2. The van der Waals surface area contributed by atoms with Gasteiger partial charge in [0, 0.05) is 54.6 Å². The van der Waals surface area contributed by atoms with Gasteiger partial charge in [0.05, 0.1) is 0 Å². The maximum absolute atomic E-state index is 12.6. The Bertz CT molecular complexity index is 1240. The van der Waals surface area contributed by atoms with Gasteiger partial charge in [0.2, 0.25) is 5.91 Å². The van der Waals surface area contributed by atoms with Crippen LogP contribution in [0.5, 0.6) is 0 Å². The number of amides is 2. The molecule has 2 atom stereocenters. The molecule has 2 amide bonds. The van der Waals surface area contributed by atoms with Gasteiger partial charge in [0.25, 0.3) is 5.91 Å². The van der Waals surface area contributed by atoms with Crippen molar-refractivity contribution in [1.29, 1.82) is 0 Å². The maximum Gasteiger partial charge on any atom is 0.274 e. The van der Waals surface area contributed by atoms with Gasteiger partial charge in [-0.05, 0) is 66.6 Å². The normalized spacial score (nSPS) is 19.6. The molecule has 0 radical (unpaired) electrons. The van der Waals surface area contributed by atoms with E-state index in [0.717, 1.165) is 49.2 Å². The molecular formula is C29H31N5O3. The van der Waals surface area contributed by atoms with Crippen molar-refractivity contribution in [3.8, 4) is 11.1 Å². The van der Waals surface area contributed by atoms with E-state index in [0.29, 0.717) is 23.4 Å². The monoisotopic (exact) mass is 497 g/mol. The van der Waals surface area contributed by atoms with E-state index in [2.05, 4.69) is 39.6 Å². The Hall–Kier alpha value is -3.88. The van der Waals surface area contributed by atoms with E-state index >= 15 is 0 Å². The summed E-state index contributed by atoms with van der Waals surface area (Å²) < 4.78 is 0. The number of nitrogens with one attached hydrogen (secondary N) is 2. The third-order valence-electron chi connectivity index (χ3n) is 7.31. The van der Waals surface area contributed by atoms with Crippen LogP contribution in [-0.2, 0) is 4.79 Å². The van der Waals surface area contributed by atoms with Crippen molar-refractivity contribution in [1.82, 2.24) is 25.7 Å². The maximum atomic E-state index is 12.6. The Balaban J connectivity index is 1.03. The van der Waals surface area contributed by atoms with Gasteiger partial charge in [-0.3, -0.25) is 14.8 Å². The summed E-state index contributed by atoms with van der Waals surface area (Å²) in [4.78, 5) is 34.1. The molecule has 1 aliphatic heterocycles. The van der Waals surface area contributed by atoms with Crippen LogP contribution < -0.4 is 10.8 Å². The zero-order chi connectivity index (χ0) is 25.6. The standard InChI is InChI=1S/C29H31N5O3/c35-28(10-3-20-1-4-24(5-2-20)29(36)33-37)34-13-11-21(12-14-34)16-32-27-15-26(27)23-8-6-22(7-9-23)25-17-30-19-31-18-25/h1-10,17-19,21,26-27,32,37H,11-16H2,(H,33,36)/b10-3+. The van der Waals surface area contributed by atoms with E-state index in [1.165, 1.54) is 12.0 Å². The molecule has 3 N–H and O–H groups in total. The predicted octanol–water partition coefficient (Wildman–Crippen LogP) is 3.66. The molecule has 2 heterocycles. The summed E-state index contributed by atoms with van der Waals surface area (Å²) in [5.41, 5.74) is 6.33. The lowest BCUT2D eigenvalue weighted by molar-refractivity contribution is -0.127. The summed E-state index contributed by atoms with van der Waals surface area (Å²) in [5, 5.41) is 12.4. The molecule has 190 valence electrons. The second-order valence-electron chi connectivity index (χ2n) is 9.77. The minimum atomic E-state index is -0.561. The van der Waals surface area contributed by atoms with Crippen LogP contribution in [0.2, 0.25) is 0 Å². The number of likely N-dealkylation sites (tertiary alicyclic amines) is 1. The second kappa shape index (κ2) is 11.5. The van der Waals surface area contributed by atoms with Crippen LogP contribution in [0.3, 0.4) is 0 Å². The molecule has 2 aromatic carbocycles. The molecule has 1 aromatic heterocycles. The summed E-state index contributed by atoms with van der Waals surface area (Å²) in [7, 11) is 0. The van der Waals surface area contributed by atoms with Gasteiger partial charge < -0.3 is 10.2 Å². The average Bonchev–Trinajstić information content (AvgIpc) is 3.75. The molecule has 0 spiro atoms. The Labute approximate surface area is 216 Å². The molecule has 37 heavy (non-hydrogen) atoms. The summed E-state index contributed by atoms with van der Waals surface area (Å²) in [6.45, 7) is 2.53. The molecule has 8 nitrogen and oxygen atoms in total. The number of nitrogens with zero attached hydrogens (tertiary/aromatic N) is 3. The van der Waals surface area contributed by atoms with Gasteiger partial charge in [0.15, 0.2) is 0 Å². The number of aromatic nitrogens is 2. The first-order chi connectivity index (χ1) is 18.1. The van der Waals surface area contributed by atoms with Crippen molar-refractivity contribution in [2.75, 3.05) is 19.6 Å². The van der Waals surface area contributed by atoms with E-state index in [1.54, 1.807) is 48.2 Å². The Morgan fingerprint density at radius 2 is 1.68 bits per heavy atom. The highest BCUT2D eigenvalue weighted by molar-refractivity contribution is 5.94. The van der Waals surface area contributed by atoms with Crippen molar-refractivity contribution in [3.63, 3.8) is 0 Å². The zero-order valence-electron chi connectivity index (χ0n) is 20.6. The molecular weight excluding hydrogens is 466 g/mol. The van der Waals surface area contributed by atoms with Crippen molar-refractivity contribution >= 4 is 17.9 Å². The lowest BCUT2D eigenvalue weighted by Crippen LogP contribution is -2.40. The lowest BCUT2D eigenvalue weighted by atomic mass is 9.96. The zero-order valence-corrected chi connectivity index (χ0v) is 20.6. The van der Waals surface area contributed by atoms with E-state index < -0.39 is 5.91 Å². The summed E-state index contributed by atoms with van der Waals surface area (Å²) in [6, 6.07) is 15.9. The van der Waals surface area contributed by atoms with Gasteiger partial charge >= 0.3 is 0 Å². The second-order valence-corrected chi connectivity index (χ2v) is 9.77. The third kappa shape index (κ3) is 6.28. The molecule has 3 aromatic rings.